The van der Waals surface area contributed by atoms with Crippen LogP contribution in [0, 0.1) is 5.82 Å². The topological polar surface area (TPSA) is 71.9 Å². The van der Waals surface area contributed by atoms with E-state index in [9.17, 15) is 22.7 Å². The summed E-state index contributed by atoms with van der Waals surface area (Å²) < 4.78 is 55.0. The molecule has 3 aromatic rings. The summed E-state index contributed by atoms with van der Waals surface area (Å²) in [5.41, 5.74) is 0.469. The third kappa shape index (κ3) is 6.99. The van der Waals surface area contributed by atoms with Crippen molar-refractivity contribution in [3.8, 4) is 11.3 Å². The van der Waals surface area contributed by atoms with E-state index in [1.54, 1.807) is 11.0 Å². The summed E-state index contributed by atoms with van der Waals surface area (Å²) >= 11 is 6.09. The number of halogens is 5. The highest BCUT2D eigenvalue weighted by atomic mass is 35.5. The van der Waals surface area contributed by atoms with Crippen LogP contribution in [0.25, 0.3) is 11.3 Å². The van der Waals surface area contributed by atoms with Crippen LogP contribution in [0.1, 0.15) is 18.4 Å². The number of anilines is 3. The minimum atomic E-state index is -4.50. The van der Waals surface area contributed by atoms with Crippen molar-refractivity contribution >= 4 is 29.2 Å². The molecule has 220 valence electrons. The predicted molar refractivity (Wildman–Crippen MR) is 151 cm³/mol. The first-order valence-electron chi connectivity index (χ1n) is 13.7. The molecule has 41 heavy (non-hydrogen) atoms. The highest BCUT2D eigenvalue weighted by Crippen LogP contribution is 2.36. The Hall–Kier alpha value is -3.22. The third-order valence-electron chi connectivity index (χ3n) is 7.42. The first-order chi connectivity index (χ1) is 19.7. The summed E-state index contributed by atoms with van der Waals surface area (Å²) in [6.45, 7) is 5.44. The van der Waals surface area contributed by atoms with E-state index >= 15 is 0 Å². The van der Waals surface area contributed by atoms with Gasteiger partial charge in [-0.25, -0.2) is 14.4 Å². The number of rotatable bonds is 6. The second kappa shape index (κ2) is 12.7. The second-order valence-electron chi connectivity index (χ2n) is 10.1. The highest BCUT2D eigenvalue weighted by molar-refractivity contribution is 6.31. The van der Waals surface area contributed by atoms with Gasteiger partial charge in [0.25, 0.3) is 0 Å². The van der Waals surface area contributed by atoms with E-state index in [-0.39, 0.29) is 17.4 Å². The molecule has 0 amide bonds. The number of alkyl halides is 3. The van der Waals surface area contributed by atoms with Gasteiger partial charge in [-0.2, -0.15) is 18.2 Å². The quantitative estimate of drug-likeness (QED) is 0.417. The maximum absolute atomic E-state index is 13.9. The number of nitrogens with zero attached hydrogens (tertiary/aromatic N) is 7. The monoisotopic (exact) mass is 593 g/mol. The SMILES string of the molecule is OCCN1CCCN(c2nc(-c3ccc(F)c(Cl)c3)cc(N3CCCN(c4ncccc4C(F)(F)F)CC3)n2)CC1. The van der Waals surface area contributed by atoms with Crippen LogP contribution in [0.2, 0.25) is 5.02 Å². The Bertz CT molecular complexity index is 1350. The van der Waals surface area contributed by atoms with E-state index in [1.165, 1.54) is 24.4 Å². The van der Waals surface area contributed by atoms with E-state index in [4.69, 9.17) is 21.6 Å². The Balaban J connectivity index is 1.44. The lowest BCUT2D eigenvalue weighted by Gasteiger charge is -2.27. The van der Waals surface area contributed by atoms with Crippen LogP contribution in [0.3, 0.4) is 0 Å². The van der Waals surface area contributed by atoms with E-state index in [0.717, 1.165) is 32.1 Å². The van der Waals surface area contributed by atoms with Gasteiger partial charge >= 0.3 is 6.18 Å². The molecule has 2 saturated heterocycles. The zero-order chi connectivity index (χ0) is 29.0. The van der Waals surface area contributed by atoms with Crippen molar-refractivity contribution in [2.24, 2.45) is 0 Å². The number of aliphatic hydroxyl groups excluding tert-OH is 1. The van der Waals surface area contributed by atoms with Gasteiger partial charge in [0, 0.05) is 70.2 Å². The number of benzene rings is 1. The summed E-state index contributed by atoms with van der Waals surface area (Å²) in [6, 6.07) is 8.63. The van der Waals surface area contributed by atoms with Crippen molar-refractivity contribution in [1.29, 1.82) is 0 Å². The minimum absolute atomic E-state index is 0.0140. The maximum atomic E-state index is 13.9. The molecule has 0 spiro atoms. The van der Waals surface area contributed by atoms with E-state index in [1.807, 2.05) is 11.0 Å². The first kappa shape index (κ1) is 29.3. The zero-order valence-electron chi connectivity index (χ0n) is 22.5. The molecule has 1 N–H and O–H groups in total. The van der Waals surface area contributed by atoms with Crippen molar-refractivity contribution in [3.05, 3.63) is 59.0 Å². The van der Waals surface area contributed by atoms with E-state index in [0.29, 0.717) is 68.7 Å². The number of hydrogen-bond acceptors (Lipinski definition) is 8. The Labute approximate surface area is 241 Å². The number of aliphatic hydroxyl groups is 1. The van der Waals surface area contributed by atoms with E-state index < -0.39 is 17.6 Å². The molecule has 13 heteroatoms. The van der Waals surface area contributed by atoms with Gasteiger partial charge in [0.2, 0.25) is 5.95 Å². The van der Waals surface area contributed by atoms with Gasteiger partial charge in [-0.15, -0.1) is 0 Å². The normalized spacial score (nSPS) is 17.5. The lowest BCUT2D eigenvalue weighted by molar-refractivity contribution is -0.137. The number of pyridine rings is 1. The molecule has 2 aromatic heterocycles. The molecule has 1 aromatic carbocycles. The summed E-state index contributed by atoms with van der Waals surface area (Å²) in [4.78, 5) is 21.8. The van der Waals surface area contributed by atoms with Crippen LogP contribution in [-0.2, 0) is 6.18 Å². The number of aromatic nitrogens is 3. The molecule has 2 aliphatic heterocycles. The van der Waals surface area contributed by atoms with Crippen LogP contribution < -0.4 is 14.7 Å². The van der Waals surface area contributed by atoms with Gasteiger partial charge in [-0.3, -0.25) is 4.90 Å². The predicted octanol–water partition coefficient (Wildman–Crippen LogP) is 4.57. The fraction of sp³-hybridized carbons (Fsp3) is 0.464. The fourth-order valence-electron chi connectivity index (χ4n) is 5.29. The molecule has 0 bridgehead atoms. The van der Waals surface area contributed by atoms with Gasteiger partial charge in [0.1, 0.15) is 17.5 Å². The lowest BCUT2D eigenvalue weighted by Crippen LogP contribution is -2.34. The minimum Gasteiger partial charge on any atom is -0.395 e. The standard InChI is InChI=1S/C28H32ClF4N7O/c29-22-18-20(5-6-23(22)30)24-19-25(36-27(35-24)40-11-2-8-37(12-13-40)16-17-41)38-9-3-10-39(15-14-38)26-21(28(31,32)33)4-1-7-34-26/h1,4-7,18-19,41H,2-3,8-17H2. The molecular formula is C28H32ClF4N7O. The van der Waals surface area contributed by atoms with Crippen LogP contribution in [0.5, 0.6) is 0 Å². The van der Waals surface area contributed by atoms with Crippen LogP contribution in [-0.4, -0.2) is 90.5 Å². The molecule has 0 saturated carbocycles. The summed E-state index contributed by atoms with van der Waals surface area (Å²) in [7, 11) is 0. The van der Waals surface area contributed by atoms with Crippen LogP contribution in [0.4, 0.5) is 35.1 Å². The molecule has 5 rings (SSSR count). The Kier molecular flexibility index (Phi) is 9.10. The van der Waals surface area contributed by atoms with Gasteiger partial charge in [0.05, 0.1) is 22.9 Å². The van der Waals surface area contributed by atoms with Gasteiger partial charge < -0.3 is 19.8 Å². The van der Waals surface area contributed by atoms with Crippen molar-refractivity contribution in [1.82, 2.24) is 19.9 Å². The third-order valence-corrected chi connectivity index (χ3v) is 7.70. The largest absolute Gasteiger partial charge is 0.419 e. The molecule has 4 heterocycles. The summed E-state index contributed by atoms with van der Waals surface area (Å²) in [5.74, 6) is 0.570. The molecule has 0 radical (unpaired) electrons. The van der Waals surface area contributed by atoms with Crippen molar-refractivity contribution in [3.63, 3.8) is 0 Å². The Morgan fingerprint density at radius 2 is 1.59 bits per heavy atom. The second-order valence-corrected chi connectivity index (χ2v) is 10.6. The molecule has 2 aliphatic rings. The molecule has 0 atom stereocenters. The first-order valence-corrected chi connectivity index (χ1v) is 14.1. The number of hydrogen-bond donors (Lipinski definition) is 1. The molecule has 0 aliphatic carbocycles. The highest BCUT2D eigenvalue weighted by Gasteiger charge is 2.36. The zero-order valence-corrected chi connectivity index (χ0v) is 23.3. The van der Waals surface area contributed by atoms with Gasteiger partial charge in [-0.1, -0.05) is 11.6 Å². The maximum Gasteiger partial charge on any atom is 0.419 e. The van der Waals surface area contributed by atoms with Crippen LogP contribution >= 0.6 is 11.6 Å². The smallest absolute Gasteiger partial charge is 0.395 e. The Morgan fingerprint density at radius 3 is 2.37 bits per heavy atom. The molecule has 8 nitrogen and oxygen atoms in total. The van der Waals surface area contributed by atoms with Crippen molar-refractivity contribution in [2.75, 3.05) is 80.2 Å². The average Bonchev–Trinajstić information content (AvgIpc) is 3.35. The molecule has 2 fully saturated rings. The summed E-state index contributed by atoms with van der Waals surface area (Å²) in [6.07, 6.45) is -1.64. The van der Waals surface area contributed by atoms with E-state index in [2.05, 4.69) is 14.8 Å². The van der Waals surface area contributed by atoms with Gasteiger partial charge in [-0.05, 0) is 49.7 Å². The fourth-order valence-corrected chi connectivity index (χ4v) is 5.47. The number of β-amino-alcohol motifs (C(OH)–C–C–N with tert-alkyl or cyclic N) is 1. The Morgan fingerprint density at radius 1 is 0.854 bits per heavy atom. The average molecular weight is 594 g/mol. The van der Waals surface area contributed by atoms with Crippen LogP contribution in [0.15, 0.2) is 42.6 Å². The van der Waals surface area contributed by atoms with Crippen molar-refractivity contribution < 1.29 is 22.7 Å². The molecule has 0 unspecified atom stereocenters. The van der Waals surface area contributed by atoms with Crippen molar-refractivity contribution in [2.45, 2.75) is 19.0 Å². The van der Waals surface area contributed by atoms with Gasteiger partial charge in [0.15, 0.2) is 0 Å². The lowest BCUT2D eigenvalue weighted by atomic mass is 10.1. The summed E-state index contributed by atoms with van der Waals surface area (Å²) in [5, 5.41) is 9.35. The molecular weight excluding hydrogens is 562 g/mol.